The minimum Gasteiger partial charge on any atom is -0.444 e. The SMILES string of the molecule is CC(C)(C)OC(=O)N[C@H]1CCc2cccc3c2N(C1=O)[C@H](C(=O)N[C@@H](CCC(N)=O)C(=O)N[C@H](C(=O)NCCCCCCCCCC#Cc1cccc2c1CN(C1CCC(=O)NC1=O)C2=O)c1ccccc1)C3. The van der Waals surface area contributed by atoms with Gasteiger partial charge in [-0.3, -0.25) is 48.6 Å². The van der Waals surface area contributed by atoms with Gasteiger partial charge in [0.15, 0.2) is 0 Å². The minimum atomic E-state index is -1.30. The summed E-state index contributed by atoms with van der Waals surface area (Å²) in [6, 6.07) is 14.5. The van der Waals surface area contributed by atoms with Gasteiger partial charge in [0.2, 0.25) is 41.4 Å². The van der Waals surface area contributed by atoms with E-state index in [0.717, 1.165) is 60.8 Å². The van der Waals surface area contributed by atoms with Gasteiger partial charge < -0.3 is 36.6 Å². The van der Waals surface area contributed by atoms with Crippen molar-refractivity contribution in [1.29, 1.82) is 0 Å². The number of alkyl carbamates (subject to hydrolysis) is 1. The van der Waals surface area contributed by atoms with Crippen LogP contribution in [0.4, 0.5) is 10.5 Å². The molecule has 7 N–H and O–H groups in total. The van der Waals surface area contributed by atoms with E-state index in [1.165, 1.54) is 9.80 Å². The maximum atomic E-state index is 14.3. The number of benzene rings is 3. The highest BCUT2D eigenvalue weighted by Crippen LogP contribution is 2.39. The highest BCUT2D eigenvalue weighted by Gasteiger charge is 2.45. The third-order valence-corrected chi connectivity index (χ3v) is 13.5. The van der Waals surface area contributed by atoms with Crippen molar-refractivity contribution in [2.75, 3.05) is 11.4 Å². The Bertz CT molecular complexity index is 2670. The van der Waals surface area contributed by atoms with Crippen LogP contribution < -0.4 is 37.2 Å². The second-order valence-corrected chi connectivity index (χ2v) is 20.1. The van der Waals surface area contributed by atoms with Crippen molar-refractivity contribution in [1.82, 2.24) is 31.5 Å². The number of piperidine rings is 1. The number of carbonyl (C=O) groups excluding carboxylic acids is 9. The summed E-state index contributed by atoms with van der Waals surface area (Å²) in [5.74, 6) is 2.48. The molecular weight excluding hydrogens is 933 g/mol. The number of unbranched alkanes of at least 4 members (excludes halogenated alkanes) is 7. The zero-order valence-electron chi connectivity index (χ0n) is 41.8. The van der Waals surface area contributed by atoms with E-state index in [0.29, 0.717) is 49.0 Å². The summed E-state index contributed by atoms with van der Waals surface area (Å²) >= 11 is 0. The second-order valence-electron chi connectivity index (χ2n) is 20.1. The zero-order valence-corrected chi connectivity index (χ0v) is 41.8. The molecule has 0 saturated carbocycles. The Morgan fingerprint density at radius 1 is 0.822 bits per heavy atom. The Kier molecular flexibility index (Phi) is 17.7. The van der Waals surface area contributed by atoms with Crippen LogP contribution in [0.15, 0.2) is 66.7 Å². The summed E-state index contributed by atoms with van der Waals surface area (Å²) in [7, 11) is 0. The van der Waals surface area contributed by atoms with E-state index in [1.54, 1.807) is 63.2 Å². The lowest BCUT2D eigenvalue weighted by molar-refractivity contribution is -0.137. The molecule has 0 bridgehead atoms. The van der Waals surface area contributed by atoms with Crippen LogP contribution in [0.25, 0.3) is 0 Å². The van der Waals surface area contributed by atoms with Gasteiger partial charge in [-0.05, 0) is 93.7 Å². The Morgan fingerprint density at radius 3 is 2.26 bits per heavy atom. The van der Waals surface area contributed by atoms with Gasteiger partial charge in [0.05, 0.1) is 5.69 Å². The molecule has 3 aromatic carbocycles. The number of imide groups is 1. The standard InChI is InChI=1S/C55H66N8O10/c1-55(2,3)73-54(72)59-41-26-25-36-22-16-23-37-32-43(63(47(36)37)53(41)71)50(68)58-40(27-29-44(56)64)48(66)61-46(35-19-13-11-14-20-35)51(69)57-31-15-10-8-6-4-5-7-9-12-18-34-21-17-24-38-39(34)33-62(52(38)70)42-28-30-45(65)60-49(42)67/h11,13-14,16-17,19-24,40-43,46H,4-10,15,25-33H2,1-3H3,(H2,56,64)(H,57,69)(H,58,68)(H,59,72)(H,61,66)(H,60,65,67)/t40-,41-,42?,43-,46-/m0/s1. The van der Waals surface area contributed by atoms with Crippen molar-refractivity contribution in [2.24, 2.45) is 5.73 Å². The van der Waals surface area contributed by atoms with Crippen molar-refractivity contribution in [2.45, 2.75) is 159 Å². The van der Waals surface area contributed by atoms with E-state index in [1.807, 2.05) is 24.3 Å². The number of ether oxygens (including phenoxy) is 1. The molecule has 1 saturated heterocycles. The Hall–Kier alpha value is -7.55. The number of anilines is 1. The van der Waals surface area contributed by atoms with Crippen molar-refractivity contribution < 1.29 is 47.9 Å². The van der Waals surface area contributed by atoms with Gasteiger partial charge in [-0.25, -0.2) is 4.79 Å². The summed E-state index contributed by atoms with van der Waals surface area (Å²) in [5, 5.41) is 13.5. The molecule has 0 aliphatic carbocycles. The van der Waals surface area contributed by atoms with Crippen molar-refractivity contribution in [3.63, 3.8) is 0 Å². The van der Waals surface area contributed by atoms with Crippen LogP contribution in [0.1, 0.15) is 148 Å². The monoisotopic (exact) mass is 998 g/mol. The van der Waals surface area contributed by atoms with Crippen molar-refractivity contribution in [3.05, 3.63) is 100 Å². The van der Waals surface area contributed by atoms with E-state index < -0.39 is 77.3 Å². The molecule has 5 atom stereocenters. The molecule has 3 aromatic rings. The van der Waals surface area contributed by atoms with Gasteiger partial charge in [0.1, 0.15) is 35.8 Å². The van der Waals surface area contributed by atoms with Crippen molar-refractivity contribution >= 4 is 59.0 Å². The molecule has 73 heavy (non-hydrogen) atoms. The zero-order chi connectivity index (χ0) is 52.2. The Balaban J connectivity index is 0.875. The number of amides is 9. The number of nitrogens with two attached hydrogens (primary N) is 1. The maximum absolute atomic E-state index is 14.3. The summed E-state index contributed by atoms with van der Waals surface area (Å²) < 4.78 is 5.43. The topological polar surface area (TPSA) is 256 Å². The van der Waals surface area contributed by atoms with Crippen LogP contribution >= 0.6 is 0 Å². The Labute approximate surface area is 425 Å². The van der Waals surface area contributed by atoms with Crippen LogP contribution in [0.2, 0.25) is 0 Å². The molecule has 0 aromatic heterocycles. The quantitative estimate of drug-likeness (QED) is 0.0527. The average molecular weight is 999 g/mol. The molecule has 9 amide bonds. The molecular formula is C55H66N8O10. The average Bonchev–Trinajstić information content (AvgIpc) is 3.87. The van der Waals surface area contributed by atoms with Crippen molar-refractivity contribution in [3.8, 4) is 11.8 Å². The molecule has 4 aliphatic rings. The van der Waals surface area contributed by atoms with E-state index in [4.69, 9.17) is 10.5 Å². The smallest absolute Gasteiger partial charge is 0.408 e. The largest absolute Gasteiger partial charge is 0.444 e. The van der Waals surface area contributed by atoms with Gasteiger partial charge in [0.25, 0.3) is 5.91 Å². The molecule has 386 valence electrons. The minimum absolute atomic E-state index is 0.148. The summed E-state index contributed by atoms with van der Waals surface area (Å²) in [4.78, 5) is 121. The summed E-state index contributed by atoms with van der Waals surface area (Å²) in [6.07, 6.45) is 7.40. The third-order valence-electron chi connectivity index (χ3n) is 13.5. The molecule has 18 nitrogen and oxygen atoms in total. The molecule has 4 aliphatic heterocycles. The van der Waals surface area contributed by atoms with Crippen LogP contribution in [0.3, 0.4) is 0 Å². The fourth-order valence-corrected chi connectivity index (χ4v) is 9.83. The number of carbonyl (C=O) groups is 9. The number of nitrogens with zero attached hydrogens (tertiary/aromatic N) is 2. The Morgan fingerprint density at radius 2 is 1.53 bits per heavy atom. The first-order valence-corrected chi connectivity index (χ1v) is 25.4. The van der Waals surface area contributed by atoms with E-state index in [2.05, 4.69) is 38.4 Å². The predicted molar refractivity (Wildman–Crippen MR) is 270 cm³/mol. The summed E-state index contributed by atoms with van der Waals surface area (Å²) in [5.41, 5.74) is 9.52. The molecule has 1 fully saturated rings. The van der Waals surface area contributed by atoms with E-state index >= 15 is 0 Å². The lowest BCUT2D eigenvalue weighted by atomic mass is 10.0. The fourth-order valence-electron chi connectivity index (χ4n) is 9.83. The first kappa shape index (κ1) is 53.3. The van der Waals surface area contributed by atoms with Crippen LogP contribution in [-0.2, 0) is 57.7 Å². The van der Waals surface area contributed by atoms with Crippen LogP contribution in [0, 0.1) is 11.8 Å². The molecule has 0 spiro atoms. The number of fused-ring (bicyclic) bond motifs is 1. The van der Waals surface area contributed by atoms with Gasteiger partial charge in [-0.1, -0.05) is 98.5 Å². The molecule has 0 radical (unpaired) electrons. The number of hydrogen-bond donors (Lipinski definition) is 6. The number of nitrogens with one attached hydrogen (secondary N) is 5. The van der Waals surface area contributed by atoms with Crippen LogP contribution in [0.5, 0.6) is 0 Å². The van der Waals surface area contributed by atoms with Gasteiger partial charge in [-0.2, -0.15) is 0 Å². The number of rotatable bonds is 20. The van der Waals surface area contributed by atoms with Gasteiger partial charge in [0, 0.05) is 49.9 Å². The van der Waals surface area contributed by atoms with E-state index in [-0.39, 0.29) is 50.5 Å². The number of hydrogen-bond acceptors (Lipinski definition) is 10. The summed E-state index contributed by atoms with van der Waals surface area (Å²) in [6.45, 7) is 5.79. The van der Waals surface area contributed by atoms with Crippen LogP contribution in [-0.4, -0.2) is 94.6 Å². The third kappa shape index (κ3) is 13.7. The highest BCUT2D eigenvalue weighted by molar-refractivity contribution is 6.08. The first-order chi connectivity index (χ1) is 35.0. The van der Waals surface area contributed by atoms with Gasteiger partial charge >= 0.3 is 6.09 Å². The number of aryl methyl sites for hydroxylation is 1. The molecule has 1 unspecified atom stereocenters. The molecule has 7 rings (SSSR count). The van der Waals surface area contributed by atoms with E-state index in [9.17, 15) is 43.2 Å². The predicted octanol–water partition coefficient (Wildman–Crippen LogP) is 4.44. The normalized spacial score (nSPS) is 18.8. The highest BCUT2D eigenvalue weighted by atomic mass is 16.6. The second kappa shape index (κ2) is 24.2. The number of para-hydroxylation sites is 1. The number of primary amides is 1. The fraction of sp³-hybridized carbons (Fsp3) is 0.473. The van der Waals surface area contributed by atoms with Gasteiger partial charge in [-0.15, -0.1) is 0 Å². The molecule has 18 heteroatoms. The first-order valence-electron chi connectivity index (χ1n) is 25.4. The maximum Gasteiger partial charge on any atom is 0.408 e. The molecule has 4 heterocycles. The lowest BCUT2D eigenvalue weighted by Crippen LogP contribution is -2.58. The lowest BCUT2D eigenvalue weighted by Gasteiger charge is -2.30.